The van der Waals surface area contributed by atoms with Crippen LogP contribution in [-0.4, -0.2) is 43.7 Å². The van der Waals surface area contributed by atoms with Crippen LogP contribution >= 0.6 is 12.4 Å². The monoisotopic (exact) mass is 313 g/mol. The molecule has 2 rings (SSSR count). The number of hydrogen-bond acceptors (Lipinski definition) is 4. The Labute approximate surface area is 134 Å². The lowest BCUT2D eigenvalue weighted by Gasteiger charge is -2.31. The van der Waals surface area contributed by atoms with E-state index >= 15 is 0 Å². The van der Waals surface area contributed by atoms with Gasteiger partial charge in [0.25, 0.3) is 0 Å². The molecule has 1 N–H and O–H groups in total. The topological polar surface area (TPSA) is 37.4 Å². The first kappa shape index (κ1) is 18.2. The van der Waals surface area contributed by atoms with E-state index in [9.17, 15) is 0 Å². The molecular formula is C16H28ClN3O. The second-order valence-electron chi connectivity index (χ2n) is 5.75. The number of likely N-dealkylation sites (tertiary alicyclic amines) is 1. The fraction of sp³-hybridized carbons (Fsp3) is 0.688. The molecule has 0 bridgehead atoms. The standard InChI is InChI=1S/C16H27N3O.ClH/c1-13-10-16(20-3)11-15(18-13)12-19-8-5-14(6-9-19)4-7-17-2;/h10-11,14,17H,4-9,12H2,1-3H3;1H. The van der Waals surface area contributed by atoms with E-state index in [4.69, 9.17) is 4.74 Å². The van der Waals surface area contributed by atoms with Crippen molar-refractivity contribution < 1.29 is 4.74 Å². The van der Waals surface area contributed by atoms with Crippen molar-refractivity contribution in [1.29, 1.82) is 0 Å². The van der Waals surface area contributed by atoms with Gasteiger partial charge in [-0.1, -0.05) is 0 Å². The number of piperidine rings is 1. The number of methoxy groups -OCH3 is 1. The van der Waals surface area contributed by atoms with Gasteiger partial charge in [-0.3, -0.25) is 9.88 Å². The van der Waals surface area contributed by atoms with Gasteiger partial charge in [0, 0.05) is 24.4 Å². The van der Waals surface area contributed by atoms with Crippen molar-refractivity contribution in [3.05, 3.63) is 23.5 Å². The van der Waals surface area contributed by atoms with Crippen LogP contribution in [0.1, 0.15) is 30.7 Å². The lowest BCUT2D eigenvalue weighted by molar-refractivity contribution is 0.170. The van der Waals surface area contributed by atoms with Crippen molar-refractivity contribution in [2.75, 3.05) is 33.8 Å². The van der Waals surface area contributed by atoms with E-state index in [1.165, 1.54) is 32.4 Å². The minimum Gasteiger partial charge on any atom is -0.497 e. The van der Waals surface area contributed by atoms with Crippen molar-refractivity contribution in [3.63, 3.8) is 0 Å². The van der Waals surface area contributed by atoms with Gasteiger partial charge in [-0.15, -0.1) is 12.4 Å². The molecule has 2 heterocycles. The maximum atomic E-state index is 5.32. The third-order valence-corrected chi connectivity index (χ3v) is 4.11. The average Bonchev–Trinajstić information content (AvgIpc) is 2.46. The van der Waals surface area contributed by atoms with E-state index in [1.807, 2.05) is 20.0 Å². The van der Waals surface area contributed by atoms with Crippen LogP contribution in [0.4, 0.5) is 0 Å². The summed E-state index contributed by atoms with van der Waals surface area (Å²) in [7, 11) is 3.75. The first-order valence-corrected chi connectivity index (χ1v) is 7.59. The number of halogens is 1. The summed E-state index contributed by atoms with van der Waals surface area (Å²) in [5.41, 5.74) is 2.15. The fourth-order valence-corrected chi connectivity index (χ4v) is 2.91. The summed E-state index contributed by atoms with van der Waals surface area (Å²) >= 11 is 0. The van der Waals surface area contributed by atoms with Crippen LogP contribution in [0.25, 0.3) is 0 Å². The first-order valence-electron chi connectivity index (χ1n) is 7.59. The zero-order valence-electron chi connectivity index (χ0n) is 13.4. The van der Waals surface area contributed by atoms with Gasteiger partial charge in [-0.25, -0.2) is 0 Å². The van der Waals surface area contributed by atoms with Gasteiger partial charge in [0.1, 0.15) is 5.75 Å². The number of nitrogens with one attached hydrogen (secondary N) is 1. The number of ether oxygens (including phenoxy) is 1. The number of aryl methyl sites for hydroxylation is 1. The van der Waals surface area contributed by atoms with Crippen molar-refractivity contribution in [2.45, 2.75) is 32.7 Å². The predicted molar refractivity (Wildman–Crippen MR) is 89.3 cm³/mol. The largest absolute Gasteiger partial charge is 0.497 e. The van der Waals surface area contributed by atoms with E-state index in [2.05, 4.69) is 21.3 Å². The molecule has 1 saturated heterocycles. The lowest BCUT2D eigenvalue weighted by Crippen LogP contribution is -2.34. The van der Waals surface area contributed by atoms with E-state index in [0.29, 0.717) is 0 Å². The van der Waals surface area contributed by atoms with Crippen molar-refractivity contribution in [3.8, 4) is 5.75 Å². The Hall–Kier alpha value is -0.840. The van der Waals surface area contributed by atoms with Crippen LogP contribution < -0.4 is 10.1 Å². The third-order valence-electron chi connectivity index (χ3n) is 4.11. The summed E-state index contributed by atoms with van der Waals surface area (Å²) in [4.78, 5) is 7.12. The molecule has 5 heteroatoms. The Morgan fingerprint density at radius 2 is 2.05 bits per heavy atom. The second-order valence-corrected chi connectivity index (χ2v) is 5.75. The molecular weight excluding hydrogens is 286 g/mol. The molecule has 0 atom stereocenters. The molecule has 1 fully saturated rings. The van der Waals surface area contributed by atoms with Gasteiger partial charge >= 0.3 is 0 Å². The molecule has 0 unspecified atom stereocenters. The molecule has 1 aromatic heterocycles. The molecule has 0 aromatic carbocycles. The average molecular weight is 314 g/mol. The smallest absolute Gasteiger partial charge is 0.122 e. The molecule has 0 spiro atoms. The molecule has 0 amide bonds. The van der Waals surface area contributed by atoms with Crippen molar-refractivity contribution in [2.24, 2.45) is 5.92 Å². The number of rotatable bonds is 6. The molecule has 0 saturated carbocycles. The molecule has 0 aliphatic carbocycles. The molecule has 0 radical (unpaired) electrons. The van der Waals surface area contributed by atoms with E-state index in [1.54, 1.807) is 7.11 Å². The Balaban J connectivity index is 0.00000220. The summed E-state index contributed by atoms with van der Waals surface area (Å²) in [5, 5.41) is 3.25. The molecule has 21 heavy (non-hydrogen) atoms. The summed E-state index contributed by atoms with van der Waals surface area (Å²) < 4.78 is 5.32. The predicted octanol–water partition coefficient (Wildman–Crippen LogP) is 2.64. The van der Waals surface area contributed by atoms with Crippen LogP contribution in [0.5, 0.6) is 5.75 Å². The highest BCUT2D eigenvalue weighted by molar-refractivity contribution is 5.85. The van der Waals surface area contributed by atoms with Crippen LogP contribution in [0.3, 0.4) is 0 Å². The van der Waals surface area contributed by atoms with Crippen LogP contribution in [0.2, 0.25) is 0 Å². The maximum absolute atomic E-state index is 5.32. The summed E-state index contributed by atoms with van der Waals surface area (Å²) in [6, 6.07) is 4.04. The second kappa shape index (κ2) is 9.23. The normalized spacial score (nSPS) is 16.5. The Bertz CT molecular complexity index is 420. The number of nitrogens with zero attached hydrogens (tertiary/aromatic N) is 2. The number of aromatic nitrogens is 1. The van der Waals surface area contributed by atoms with Gasteiger partial charge in [0.2, 0.25) is 0 Å². The highest BCUT2D eigenvalue weighted by atomic mass is 35.5. The van der Waals surface area contributed by atoms with Gasteiger partial charge in [-0.2, -0.15) is 0 Å². The number of pyridine rings is 1. The van der Waals surface area contributed by atoms with Crippen LogP contribution in [0.15, 0.2) is 12.1 Å². The fourth-order valence-electron chi connectivity index (χ4n) is 2.91. The first-order chi connectivity index (χ1) is 9.71. The Kier molecular flexibility index (Phi) is 8.01. The lowest BCUT2D eigenvalue weighted by atomic mass is 9.93. The van der Waals surface area contributed by atoms with Crippen molar-refractivity contribution >= 4 is 12.4 Å². The van der Waals surface area contributed by atoms with E-state index in [-0.39, 0.29) is 12.4 Å². The van der Waals surface area contributed by atoms with Crippen molar-refractivity contribution in [1.82, 2.24) is 15.2 Å². The molecule has 1 aromatic rings. The van der Waals surface area contributed by atoms with E-state index in [0.717, 1.165) is 36.1 Å². The molecule has 4 nitrogen and oxygen atoms in total. The Morgan fingerprint density at radius 1 is 1.33 bits per heavy atom. The molecule has 120 valence electrons. The van der Waals surface area contributed by atoms with Gasteiger partial charge in [-0.05, 0) is 58.8 Å². The SMILES string of the molecule is CNCCC1CCN(Cc2cc(OC)cc(C)n2)CC1.Cl. The quantitative estimate of drug-likeness (QED) is 0.876. The summed E-state index contributed by atoms with van der Waals surface area (Å²) in [6.45, 7) is 6.48. The van der Waals surface area contributed by atoms with E-state index < -0.39 is 0 Å². The summed E-state index contributed by atoms with van der Waals surface area (Å²) in [5.74, 6) is 1.80. The van der Waals surface area contributed by atoms with Crippen LogP contribution in [-0.2, 0) is 6.54 Å². The minimum absolute atomic E-state index is 0. The van der Waals surface area contributed by atoms with Gasteiger partial charge in [0.15, 0.2) is 0 Å². The highest BCUT2D eigenvalue weighted by Crippen LogP contribution is 2.22. The third kappa shape index (κ3) is 5.81. The summed E-state index contributed by atoms with van der Waals surface area (Å²) in [6.07, 6.45) is 3.93. The van der Waals surface area contributed by atoms with Crippen LogP contribution in [0, 0.1) is 12.8 Å². The number of hydrogen-bond donors (Lipinski definition) is 1. The molecule has 1 aliphatic heterocycles. The zero-order valence-corrected chi connectivity index (χ0v) is 14.2. The Morgan fingerprint density at radius 3 is 2.67 bits per heavy atom. The van der Waals surface area contributed by atoms with Gasteiger partial charge in [0.05, 0.1) is 12.8 Å². The minimum atomic E-state index is 0. The maximum Gasteiger partial charge on any atom is 0.122 e. The van der Waals surface area contributed by atoms with Gasteiger partial charge < -0.3 is 10.1 Å². The molecule has 1 aliphatic rings. The zero-order chi connectivity index (χ0) is 14.4. The highest BCUT2D eigenvalue weighted by Gasteiger charge is 2.19.